The molecule has 0 unspecified atom stereocenters. The van der Waals surface area contributed by atoms with Gasteiger partial charge in [-0.15, -0.1) is 0 Å². The molecule has 3 nitrogen and oxygen atoms in total. The average Bonchev–Trinajstić information content (AvgIpc) is 2.85. The van der Waals surface area contributed by atoms with Crippen LogP contribution in [-0.4, -0.2) is 21.9 Å². The normalized spacial score (nSPS) is 21.6. The van der Waals surface area contributed by atoms with E-state index in [9.17, 15) is 0 Å². The second-order valence-electron chi connectivity index (χ2n) is 4.89. The molecule has 2 rings (SSSR count). The van der Waals surface area contributed by atoms with Gasteiger partial charge < -0.3 is 5.32 Å². The van der Waals surface area contributed by atoms with Gasteiger partial charge in [0.05, 0.1) is 12.2 Å². The van der Waals surface area contributed by atoms with Crippen molar-refractivity contribution in [3.05, 3.63) is 29.6 Å². The van der Waals surface area contributed by atoms with Crippen molar-refractivity contribution in [1.29, 1.82) is 0 Å². The third-order valence-corrected chi connectivity index (χ3v) is 4.30. The van der Waals surface area contributed by atoms with Crippen molar-refractivity contribution in [1.82, 2.24) is 10.3 Å². The number of aliphatic imine (C=N–C) groups is 1. The monoisotopic (exact) mass is 263 g/mol. The molecule has 18 heavy (non-hydrogen) atoms. The number of aromatic nitrogens is 1. The number of nitrogens with zero attached hydrogens (tertiary/aromatic N) is 2. The van der Waals surface area contributed by atoms with Crippen molar-refractivity contribution < 1.29 is 0 Å². The van der Waals surface area contributed by atoms with Gasteiger partial charge in [-0.2, -0.15) is 0 Å². The zero-order chi connectivity index (χ0) is 13.0. The molecule has 0 spiro atoms. The highest BCUT2D eigenvalue weighted by molar-refractivity contribution is 8.14. The molecule has 1 fully saturated rings. The van der Waals surface area contributed by atoms with Crippen LogP contribution in [0.2, 0.25) is 0 Å². The summed E-state index contributed by atoms with van der Waals surface area (Å²) < 4.78 is 0. The molecule has 1 aliphatic heterocycles. The van der Waals surface area contributed by atoms with E-state index in [1.807, 2.05) is 24.0 Å². The molecule has 0 saturated carbocycles. The molecule has 1 saturated heterocycles. The number of rotatable bonds is 4. The van der Waals surface area contributed by atoms with Gasteiger partial charge in [0, 0.05) is 18.0 Å². The van der Waals surface area contributed by atoms with Crippen molar-refractivity contribution >= 4 is 16.9 Å². The van der Waals surface area contributed by atoms with Crippen LogP contribution in [0.3, 0.4) is 0 Å². The minimum Gasteiger partial charge on any atom is -0.361 e. The molecule has 0 bridgehead atoms. The van der Waals surface area contributed by atoms with Gasteiger partial charge in [-0.3, -0.25) is 9.98 Å². The van der Waals surface area contributed by atoms with Crippen molar-refractivity contribution in [2.45, 2.75) is 39.8 Å². The number of nitrogens with one attached hydrogen (secondary N) is 1. The first-order valence-electron chi connectivity index (χ1n) is 6.57. The van der Waals surface area contributed by atoms with E-state index in [0.717, 1.165) is 23.0 Å². The maximum Gasteiger partial charge on any atom is 0.157 e. The summed E-state index contributed by atoms with van der Waals surface area (Å²) >= 11 is 1.82. The van der Waals surface area contributed by atoms with Crippen LogP contribution in [0.4, 0.5) is 0 Å². The fraction of sp³-hybridized carbons (Fsp3) is 0.571. The first-order chi connectivity index (χ1) is 8.70. The van der Waals surface area contributed by atoms with Crippen LogP contribution >= 0.6 is 11.8 Å². The first-order valence-corrected chi connectivity index (χ1v) is 7.55. The lowest BCUT2D eigenvalue weighted by molar-refractivity contribution is 0.503. The highest BCUT2D eigenvalue weighted by Gasteiger charge is 2.22. The Kier molecular flexibility index (Phi) is 4.64. The number of amidine groups is 1. The van der Waals surface area contributed by atoms with Crippen molar-refractivity contribution in [2.24, 2.45) is 10.9 Å². The van der Waals surface area contributed by atoms with Crippen LogP contribution in [0.15, 0.2) is 23.3 Å². The van der Waals surface area contributed by atoms with Gasteiger partial charge in [-0.05, 0) is 24.0 Å². The fourth-order valence-corrected chi connectivity index (χ4v) is 3.14. The summed E-state index contributed by atoms with van der Waals surface area (Å²) in [5.74, 6) is 1.78. The number of pyridine rings is 1. The van der Waals surface area contributed by atoms with Gasteiger partial charge in [0.15, 0.2) is 5.17 Å². The van der Waals surface area contributed by atoms with E-state index in [0.29, 0.717) is 18.5 Å². The van der Waals surface area contributed by atoms with Crippen LogP contribution in [-0.2, 0) is 13.0 Å². The van der Waals surface area contributed by atoms with Gasteiger partial charge in [0.25, 0.3) is 0 Å². The van der Waals surface area contributed by atoms with Crippen LogP contribution in [0.25, 0.3) is 0 Å². The van der Waals surface area contributed by atoms with Gasteiger partial charge in [-0.25, -0.2) is 0 Å². The maximum atomic E-state index is 4.64. The number of aryl methyl sites for hydroxylation is 1. The highest BCUT2D eigenvalue weighted by atomic mass is 32.2. The summed E-state index contributed by atoms with van der Waals surface area (Å²) in [5.41, 5.74) is 2.40. The van der Waals surface area contributed by atoms with Gasteiger partial charge in [0.2, 0.25) is 0 Å². The van der Waals surface area contributed by atoms with Crippen LogP contribution in [0.1, 0.15) is 32.0 Å². The molecule has 1 N–H and O–H groups in total. The molecule has 1 atom stereocenters. The molecule has 1 aliphatic rings. The number of thioether (sulfide) groups is 1. The van der Waals surface area contributed by atoms with Crippen LogP contribution in [0.5, 0.6) is 0 Å². The smallest absolute Gasteiger partial charge is 0.157 e. The van der Waals surface area contributed by atoms with Gasteiger partial charge in [0.1, 0.15) is 0 Å². The van der Waals surface area contributed by atoms with Crippen LogP contribution in [0, 0.1) is 5.92 Å². The molecule has 1 aromatic rings. The molecule has 2 heterocycles. The van der Waals surface area contributed by atoms with E-state index >= 15 is 0 Å². The molecular weight excluding hydrogens is 242 g/mol. The Morgan fingerprint density at radius 2 is 2.39 bits per heavy atom. The van der Waals surface area contributed by atoms with Gasteiger partial charge in [-0.1, -0.05) is 38.6 Å². The summed E-state index contributed by atoms with van der Waals surface area (Å²) in [6.45, 7) is 7.33. The zero-order valence-electron chi connectivity index (χ0n) is 11.3. The number of hydrogen-bond donors (Lipinski definition) is 1. The summed E-state index contributed by atoms with van der Waals surface area (Å²) in [4.78, 5) is 9.06. The van der Waals surface area contributed by atoms with E-state index in [1.165, 1.54) is 5.56 Å². The minimum atomic E-state index is 0.558. The molecule has 98 valence electrons. The molecular formula is C14H21N3S. The summed E-state index contributed by atoms with van der Waals surface area (Å²) in [6.07, 6.45) is 2.87. The second kappa shape index (κ2) is 6.23. The van der Waals surface area contributed by atoms with E-state index in [2.05, 4.69) is 42.1 Å². The Morgan fingerprint density at radius 3 is 3.06 bits per heavy atom. The van der Waals surface area contributed by atoms with E-state index in [4.69, 9.17) is 0 Å². The lowest BCUT2D eigenvalue weighted by Crippen LogP contribution is -2.31. The molecule has 1 aromatic heterocycles. The third-order valence-electron chi connectivity index (χ3n) is 3.25. The summed E-state index contributed by atoms with van der Waals surface area (Å²) in [7, 11) is 0. The SMILES string of the molecule is CCc1cccnc1CN=C1N[C@@H](C(C)C)CS1. The summed E-state index contributed by atoms with van der Waals surface area (Å²) in [5, 5.41) is 4.55. The Morgan fingerprint density at radius 1 is 1.56 bits per heavy atom. The van der Waals surface area contributed by atoms with Crippen molar-refractivity contribution in [2.75, 3.05) is 5.75 Å². The predicted octanol–water partition coefficient (Wildman–Crippen LogP) is 2.86. The number of hydrogen-bond acceptors (Lipinski definition) is 3. The standard InChI is InChI=1S/C14H21N3S/c1-4-11-6-5-7-15-12(11)8-16-14-17-13(9-18-14)10(2)3/h5-7,10,13H,4,8-9H2,1-3H3,(H,16,17)/t13-/m1/s1. The topological polar surface area (TPSA) is 37.3 Å². The lowest BCUT2D eigenvalue weighted by atomic mass is 10.1. The Bertz CT molecular complexity index is 429. The quantitative estimate of drug-likeness (QED) is 0.907. The lowest BCUT2D eigenvalue weighted by Gasteiger charge is -2.13. The Hall–Kier alpha value is -1.03. The summed E-state index contributed by atoms with van der Waals surface area (Å²) in [6, 6.07) is 4.68. The zero-order valence-corrected chi connectivity index (χ0v) is 12.1. The highest BCUT2D eigenvalue weighted by Crippen LogP contribution is 2.19. The van der Waals surface area contributed by atoms with Crippen molar-refractivity contribution in [3.63, 3.8) is 0 Å². The second-order valence-corrected chi connectivity index (χ2v) is 5.90. The predicted molar refractivity (Wildman–Crippen MR) is 79.0 cm³/mol. The van der Waals surface area contributed by atoms with E-state index in [1.54, 1.807) is 0 Å². The van der Waals surface area contributed by atoms with Gasteiger partial charge >= 0.3 is 0 Å². The third kappa shape index (κ3) is 3.25. The molecule has 0 amide bonds. The van der Waals surface area contributed by atoms with Crippen LogP contribution < -0.4 is 5.32 Å². The fourth-order valence-electron chi connectivity index (χ4n) is 1.94. The molecule has 0 aromatic carbocycles. The molecule has 4 heteroatoms. The minimum absolute atomic E-state index is 0.558. The van der Waals surface area contributed by atoms with E-state index in [-0.39, 0.29) is 0 Å². The average molecular weight is 263 g/mol. The first kappa shape index (κ1) is 13.4. The Balaban J connectivity index is 1.99. The van der Waals surface area contributed by atoms with E-state index < -0.39 is 0 Å². The largest absolute Gasteiger partial charge is 0.361 e. The maximum absolute atomic E-state index is 4.64. The molecule has 0 aliphatic carbocycles. The Labute approximate surface area is 113 Å². The van der Waals surface area contributed by atoms with Crippen molar-refractivity contribution in [3.8, 4) is 0 Å². The molecule has 0 radical (unpaired) electrons.